The van der Waals surface area contributed by atoms with E-state index in [-0.39, 0.29) is 29.2 Å². The molecule has 2 aromatic carbocycles. The van der Waals surface area contributed by atoms with Gasteiger partial charge in [-0.25, -0.2) is 9.18 Å². The second kappa shape index (κ2) is 8.90. The molecule has 1 heterocycles. The van der Waals surface area contributed by atoms with Gasteiger partial charge in [0.05, 0.1) is 23.1 Å². The van der Waals surface area contributed by atoms with Crippen molar-refractivity contribution < 1.29 is 28.3 Å². The monoisotopic (exact) mass is 438 g/mol. The normalized spacial score (nSPS) is 22.4. The molecule has 0 spiro atoms. The van der Waals surface area contributed by atoms with Crippen LogP contribution in [0.25, 0.3) is 0 Å². The van der Waals surface area contributed by atoms with Gasteiger partial charge in [0.25, 0.3) is 5.91 Å². The Balaban J connectivity index is 1.35. The molecule has 2 aromatic rings. The number of carbonyl (C=O) groups is 4. The van der Waals surface area contributed by atoms with E-state index in [2.05, 4.69) is 12.2 Å². The number of halogens is 1. The zero-order chi connectivity index (χ0) is 22.8. The highest BCUT2D eigenvalue weighted by molar-refractivity contribution is 6.22. The van der Waals surface area contributed by atoms with Crippen LogP contribution in [-0.2, 0) is 19.1 Å². The van der Waals surface area contributed by atoms with Crippen LogP contribution >= 0.6 is 0 Å². The summed E-state index contributed by atoms with van der Waals surface area (Å²) in [7, 11) is 0. The van der Waals surface area contributed by atoms with E-state index in [1.807, 2.05) is 0 Å². The van der Waals surface area contributed by atoms with Crippen LogP contribution in [0.15, 0.2) is 48.5 Å². The predicted octanol–water partition coefficient (Wildman–Crippen LogP) is 3.55. The Bertz CT molecular complexity index is 1050. The Hall–Kier alpha value is -3.55. The molecule has 7 nitrogen and oxygen atoms in total. The molecule has 3 amide bonds. The Labute approximate surface area is 184 Å². The Kier molecular flexibility index (Phi) is 6.03. The maximum absolute atomic E-state index is 12.9. The van der Waals surface area contributed by atoms with E-state index < -0.39 is 24.3 Å². The van der Waals surface area contributed by atoms with Gasteiger partial charge in [0.2, 0.25) is 11.8 Å². The van der Waals surface area contributed by atoms with Gasteiger partial charge >= 0.3 is 5.97 Å². The van der Waals surface area contributed by atoms with E-state index in [1.165, 1.54) is 53.4 Å². The third-order valence-electron chi connectivity index (χ3n) is 6.01. The van der Waals surface area contributed by atoms with Crippen LogP contribution in [-0.4, -0.2) is 30.3 Å². The van der Waals surface area contributed by atoms with E-state index in [1.54, 1.807) is 0 Å². The summed E-state index contributed by atoms with van der Waals surface area (Å²) in [6.07, 6.45) is 2.38. The summed E-state index contributed by atoms with van der Waals surface area (Å²) in [4.78, 5) is 51.0. The van der Waals surface area contributed by atoms with E-state index in [4.69, 9.17) is 4.74 Å². The van der Waals surface area contributed by atoms with E-state index in [0.717, 1.165) is 19.3 Å². The first kappa shape index (κ1) is 21.7. The SMILES string of the molecule is C[C@@H]1CC[C@H]2C(=O)N(c3ccc(C(=O)OCC(=O)Nc4ccc(F)cc4)cc3)C(=O)[C@@H]2C1. The number of fused-ring (bicyclic) bond motifs is 1. The second-order valence-corrected chi connectivity index (χ2v) is 8.32. The number of hydrogen-bond donors (Lipinski definition) is 1. The minimum atomic E-state index is -0.715. The smallest absolute Gasteiger partial charge is 0.338 e. The van der Waals surface area contributed by atoms with Crippen molar-refractivity contribution in [1.82, 2.24) is 0 Å². The molecule has 0 radical (unpaired) electrons. The largest absolute Gasteiger partial charge is 0.452 e. The summed E-state index contributed by atoms with van der Waals surface area (Å²) in [5.41, 5.74) is 0.993. The van der Waals surface area contributed by atoms with Crippen LogP contribution in [0, 0.1) is 23.6 Å². The summed E-state index contributed by atoms with van der Waals surface area (Å²) >= 11 is 0. The molecular weight excluding hydrogens is 415 g/mol. The first-order valence-electron chi connectivity index (χ1n) is 10.5. The first-order chi connectivity index (χ1) is 15.3. The highest BCUT2D eigenvalue weighted by Crippen LogP contribution is 2.42. The number of amides is 3. The van der Waals surface area contributed by atoms with Crippen molar-refractivity contribution in [1.29, 1.82) is 0 Å². The molecule has 0 bridgehead atoms. The lowest BCUT2D eigenvalue weighted by atomic mass is 9.76. The molecule has 166 valence electrons. The average molecular weight is 438 g/mol. The molecule has 8 heteroatoms. The molecule has 2 fully saturated rings. The lowest BCUT2D eigenvalue weighted by molar-refractivity contribution is -0.122. The van der Waals surface area contributed by atoms with Crippen LogP contribution in [0.2, 0.25) is 0 Å². The van der Waals surface area contributed by atoms with E-state index in [0.29, 0.717) is 17.3 Å². The van der Waals surface area contributed by atoms with Crippen LogP contribution in [0.5, 0.6) is 0 Å². The standard InChI is InChI=1S/C24H23FN2O5/c1-14-2-11-19-20(12-14)23(30)27(22(19)29)18-9-3-15(4-10-18)24(31)32-13-21(28)26-17-7-5-16(25)6-8-17/h3-10,14,19-20H,2,11-13H2,1H3,(H,26,28)/t14-,19-,20-/m1/s1. The number of carbonyl (C=O) groups excluding carboxylic acids is 4. The molecule has 1 aliphatic heterocycles. The molecule has 2 aliphatic rings. The van der Waals surface area contributed by atoms with E-state index >= 15 is 0 Å². The van der Waals surface area contributed by atoms with Crippen molar-refractivity contribution in [2.45, 2.75) is 26.2 Å². The molecule has 1 aliphatic carbocycles. The highest BCUT2D eigenvalue weighted by Gasteiger charge is 2.49. The minimum Gasteiger partial charge on any atom is -0.452 e. The lowest BCUT2D eigenvalue weighted by Crippen LogP contribution is -2.30. The zero-order valence-corrected chi connectivity index (χ0v) is 17.5. The fourth-order valence-electron chi connectivity index (χ4n) is 4.34. The summed E-state index contributed by atoms with van der Waals surface area (Å²) in [5.74, 6) is -2.18. The molecule has 1 saturated heterocycles. The van der Waals surface area contributed by atoms with Crippen LogP contribution in [0.4, 0.5) is 15.8 Å². The van der Waals surface area contributed by atoms with Crippen molar-refractivity contribution >= 4 is 35.1 Å². The van der Waals surface area contributed by atoms with Gasteiger partial charge in [-0.3, -0.25) is 19.3 Å². The summed E-state index contributed by atoms with van der Waals surface area (Å²) < 4.78 is 17.9. The van der Waals surface area contributed by atoms with Crippen LogP contribution in [0.3, 0.4) is 0 Å². The minimum absolute atomic E-state index is 0.181. The Morgan fingerprint density at radius 2 is 1.66 bits per heavy atom. The summed E-state index contributed by atoms with van der Waals surface area (Å²) in [5, 5.41) is 2.49. The number of rotatable bonds is 5. The maximum atomic E-state index is 12.9. The molecule has 0 aromatic heterocycles. The molecule has 32 heavy (non-hydrogen) atoms. The molecular formula is C24H23FN2O5. The van der Waals surface area contributed by atoms with Gasteiger partial charge in [-0.2, -0.15) is 0 Å². The third kappa shape index (κ3) is 4.39. The van der Waals surface area contributed by atoms with Crippen LogP contribution < -0.4 is 10.2 Å². The van der Waals surface area contributed by atoms with Gasteiger partial charge in [-0.05, 0) is 73.7 Å². The number of imide groups is 1. The van der Waals surface area contributed by atoms with Crippen molar-refractivity contribution in [2.75, 3.05) is 16.8 Å². The Morgan fingerprint density at radius 1 is 1.00 bits per heavy atom. The number of esters is 1. The second-order valence-electron chi connectivity index (χ2n) is 8.32. The number of anilines is 2. The maximum Gasteiger partial charge on any atom is 0.338 e. The van der Waals surface area contributed by atoms with Gasteiger partial charge in [-0.15, -0.1) is 0 Å². The number of nitrogens with one attached hydrogen (secondary N) is 1. The van der Waals surface area contributed by atoms with Crippen molar-refractivity contribution in [3.8, 4) is 0 Å². The predicted molar refractivity (Wildman–Crippen MR) is 114 cm³/mol. The number of ether oxygens (including phenoxy) is 1. The topological polar surface area (TPSA) is 92.8 Å². The highest BCUT2D eigenvalue weighted by atomic mass is 19.1. The lowest BCUT2D eigenvalue weighted by Gasteiger charge is -2.25. The van der Waals surface area contributed by atoms with Crippen LogP contribution in [0.1, 0.15) is 36.5 Å². The van der Waals surface area contributed by atoms with Gasteiger partial charge in [0.15, 0.2) is 6.61 Å². The van der Waals surface area contributed by atoms with E-state index in [9.17, 15) is 23.6 Å². The fourth-order valence-corrected chi connectivity index (χ4v) is 4.34. The molecule has 0 unspecified atom stereocenters. The van der Waals surface area contributed by atoms with Gasteiger partial charge in [0, 0.05) is 5.69 Å². The van der Waals surface area contributed by atoms with Gasteiger partial charge < -0.3 is 10.1 Å². The van der Waals surface area contributed by atoms with Crippen molar-refractivity contribution in [2.24, 2.45) is 17.8 Å². The Morgan fingerprint density at radius 3 is 2.34 bits per heavy atom. The van der Waals surface area contributed by atoms with Gasteiger partial charge in [0.1, 0.15) is 5.82 Å². The van der Waals surface area contributed by atoms with Gasteiger partial charge in [-0.1, -0.05) is 6.92 Å². The quantitative estimate of drug-likeness (QED) is 0.569. The summed E-state index contributed by atoms with van der Waals surface area (Å²) in [6, 6.07) is 11.2. The molecule has 4 rings (SSSR count). The van der Waals surface area contributed by atoms with Crippen molar-refractivity contribution in [3.05, 3.63) is 59.9 Å². The first-order valence-corrected chi connectivity index (χ1v) is 10.5. The summed E-state index contributed by atoms with van der Waals surface area (Å²) in [6.45, 7) is 1.58. The third-order valence-corrected chi connectivity index (χ3v) is 6.01. The number of hydrogen-bond acceptors (Lipinski definition) is 5. The molecule has 3 atom stereocenters. The fraction of sp³-hybridized carbons (Fsp3) is 0.333. The van der Waals surface area contributed by atoms with Crippen molar-refractivity contribution in [3.63, 3.8) is 0 Å². The number of benzene rings is 2. The molecule has 1 N–H and O–H groups in total. The number of nitrogens with zero attached hydrogens (tertiary/aromatic N) is 1. The zero-order valence-electron chi connectivity index (χ0n) is 17.5. The average Bonchev–Trinajstić information content (AvgIpc) is 3.03. The molecule has 1 saturated carbocycles.